The van der Waals surface area contributed by atoms with Crippen LogP contribution in [-0.4, -0.2) is 29.7 Å². The number of fused-ring (bicyclic) bond motifs is 1. The number of rotatable bonds is 4. The summed E-state index contributed by atoms with van der Waals surface area (Å²) in [7, 11) is 4.95. The highest BCUT2D eigenvalue weighted by Crippen LogP contribution is 2.26. The molecule has 0 saturated carbocycles. The van der Waals surface area contributed by atoms with E-state index in [2.05, 4.69) is 4.98 Å². The second-order valence-corrected chi connectivity index (χ2v) is 4.96. The molecule has 1 heterocycles. The molecule has 0 aliphatic carbocycles. The van der Waals surface area contributed by atoms with Crippen molar-refractivity contribution in [1.82, 2.24) is 9.55 Å². The van der Waals surface area contributed by atoms with Gasteiger partial charge in [-0.3, -0.25) is 0 Å². The van der Waals surface area contributed by atoms with Gasteiger partial charge in [0, 0.05) is 19.2 Å². The molecule has 6 heteroatoms. The van der Waals surface area contributed by atoms with Gasteiger partial charge >= 0.3 is 5.97 Å². The van der Waals surface area contributed by atoms with Crippen LogP contribution in [-0.2, 0) is 7.05 Å². The molecule has 1 aromatic heterocycles. The lowest BCUT2D eigenvalue weighted by Crippen LogP contribution is -2.10. The number of hydrogen-bond acceptors (Lipinski definition) is 5. The molecule has 0 saturated heterocycles. The molecule has 2 aromatic carbocycles. The first kappa shape index (κ1) is 14.9. The number of ether oxygens (including phenoxy) is 3. The number of methoxy groups -OCH3 is 2. The Hall–Kier alpha value is -3.02. The first-order valence-electron chi connectivity index (χ1n) is 6.97. The van der Waals surface area contributed by atoms with E-state index in [0.717, 1.165) is 11.0 Å². The third-order valence-corrected chi connectivity index (χ3v) is 3.54. The molecule has 23 heavy (non-hydrogen) atoms. The normalized spacial score (nSPS) is 10.6. The molecule has 0 aliphatic heterocycles. The molecular formula is C17H16N2O4. The zero-order valence-corrected chi connectivity index (χ0v) is 13.1. The van der Waals surface area contributed by atoms with Crippen LogP contribution in [0.2, 0.25) is 0 Å². The number of hydrogen-bond donors (Lipinski definition) is 0. The Bertz CT molecular complexity index is 870. The minimum Gasteiger partial charge on any atom is -0.497 e. The van der Waals surface area contributed by atoms with E-state index in [1.165, 1.54) is 7.11 Å². The number of aromatic nitrogens is 2. The number of carbonyl (C=O) groups is 1. The molecule has 0 fully saturated rings. The van der Waals surface area contributed by atoms with E-state index in [0.29, 0.717) is 22.8 Å². The lowest BCUT2D eigenvalue weighted by atomic mass is 10.2. The van der Waals surface area contributed by atoms with Gasteiger partial charge < -0.3 is 18.8 Å². The molecule has 6 nitrogen and oxygen atoms in total. The van der Waals surface area contributed by atoms with Crippen molar-refractivity contribution in [3.05, 3.63) is 48.3 Å². The van der Waals surface area contributed by atoms with Crippen molar-refractivity contribution in [2.75, 3.05) is 14.2 Å². The van der Waals surface area contributed by atoms with Crippen LogP contribution in [0.15, 0.2) is 42.7 Å². The van der Waals surface area contributed by atoms with Crippen molar-refractivity contribution in [2.24, 2.45) is 7.05 Å². The fraction of sp³-hybridized carbons (Fsp3) is 0.176. The number of imidazole rings is 1. The number of benzene rings is 2. The zero-order valence-electron chi connectivity index (χ0n) is 13.1. The summed E-state index contributed by atoms with van der Waals surface area (Å²) in [5, 5.41) is 0. The van der Waals surface area contributed by atoms with Crippen LogP contribution in [0.4, 0.5) is 0 Å². The lowest BCUT2D eigenvalue weighted by molar-refractivity contribution is 0.0731. The molecule has 0 aliphatic rings. The second-order valence-electron chi connectivity index (χ2n) is 4.96. The monoisotopic (exact) mass is 312 g/mol. The zero-order chi connectivity index (χ0) is 16.4. The maximum absolute atomic E-state index is 12.4. The number of esters is 1. The molecule has 118 valence electrons. The third-order valence-electron chi connectivity index (χ3n) is 3.54. The SMILES string of the molecule is COc1ccc(C(=O)Oc2ccc3c(c2)ncn3C)c(OC)c1. The van der Waals surface area contributed by atoms with Gasteiger partial charge in [-0.15, -0.1) is 0 Å². The van der Waals surface area contributed by atoms with Crippen LogP contribution in [0.5, 0.6) is 17.2 Å². The minimum absolute atomic E-state index is 0.328. The van der Waals surface area contributed by atoms with Gasteiger partial charge in [0.2, 0.25) is 0 Å². The van der Waals surface area contributed by atoms with E-state index in [9.17, 15) is 4.79 Å². The Morgan fingerprint density at radius 1 is 1.04 bits per heavy atom. The highest BCUT2D eigenvalue weighted by molar-refractivity contribution is 5.94. The van der Waals surface area contributed by atoms with Crippen LogP contribution in [0.25, 0.3) is 11.0 Å². The topological polar surface area (TPSA) is 62.6 Å². The van der Waals surface area contributed by atoms with E-state index in [1.807, 2.05) is 17.7 Å². The van der Waals surface area contributed by atoms with Crippen molar-refractivity contribution >= 4 is 17.0 Å². The molecule has 3 rings (SSSR count). The van der Waals surface area contributed by atoms with Crippen LogP contribution in [0, 0.1) is 0 Å². The van der Waals surface area contributed by atoms with Gasteiger partial charge in [-0.2, -0.15) is 0 Å². The summed E-state index contributed by atoms with van der Waals surface area (Å²) < 4.78 is 17.7. The van der Waals surface area contributed by atoms with Gasteiger partial charge in [0.1, 0.15) is 22.8 Å². The van der Waals surface area contributed by atoms with E-state index in [4.69, 9.17) is 14.2 Å². The second kappa shape index (κ2) is 6.00. The molecular weight excluding hydrogens is 296 g/mol. The smallest absolute Gasteiger partial charge is 0.347 e. The highest BCUT2D eigenvalue weighted by atomic mass is 16.5. The van der Waals surface area contributed by atoms with E-state index in [1.54, 1.807) is 43.8 Å². The largest absolute Gasteiger partial charge is 0.497 e. The Morgan fingerprint density at radius 3 is 2.57 bits per heavy atom. The molecule has 0 bridgehead atoms. The third kappa shape index (κ3) is 2.83. The molecule has 0 N–H and O–H groups in total. The number of nitrogens with zero attached hydrogens (tertiary/aromatic N) is 2. The standard InChI is InChI=1S/C17H16N2O4/c1-19-10-18-14-8-12(5-7-15(14)19)23-17(20)13-6-4-11(21-2)9-16(13)22-3/h4-10H,1-3H3. The molecule has 0 unspecified atom stereocenters. The predicted molar refractivity (Wildman–Crippen MR) is 85.2 cm³/mol. The summed E-state index contributed by atoms with van der Waals surface area (Å²) in [4.78, 5) is 16.6. The van der Waals surface area contributed by atoms with Crippen molar-refractivity contribution in [3.63, 3.8) is 0 Å². The van der Waals surface area contributed by atoms with Crippen LogP contribution in [0.3, 0.4) is 0 Å². The van der Waals surface area contributed by atoms with Crippen molar-refractivity contribution < 1.29 is 19.0 Å². The van der Waals surface area contributed by atoms with Gasteiger partial charge in [0.15, 0.2) is 0 Å². The Labute approximate surface area is 133 Å². The maximum atomic E-state index is 12.4. The average molecular weight is 312 g/mol. The van der Waals surface area contributed by atoms with Gasteiger partial charge in [-0.05, 0) is 24.3 Å². The first-order chi connectivity index (χ1) is 11.1. The predicted octanol–water partition coefficient (Wildman–Crippen LogP) is 2.81. The van der Waals surface area contributed by atoms with Crippen LogP contribution < -0.4 is 14.2 Å². The fourth-order valence-electron chi connectivity index (χ4n) is 2.31. The first-order valence-corrected chi connectivity index (χ1v) is 6.97. The summed E-state index contributed by atoms with van der Waals surface area (Å²) in [5.41, 5.74) is 2.06. The van der Waals surface area contributed by atoms with Gasteiger partial charge in [0.05, 0.1) is 31.6 Å². The van der Waals surface area contributed by atoms with E-state index >= 15 is 0 Å². The summed E-state index contributed by atoms with van der Waals surface area (Å²) in [6, 6.07) is 10.2. The van der Waals surface area contributed by atoms with Gasteiger partial charge in [-0.1, -0.05) is 0 Å². The van der Waals surface area contributed by atoms with E-state index in [-0.39, 0.29) is 0 Å². The van der Waals surface area contributed by atoms with Crippen molar-refractivity contribution in [2.45, 2.75) is 0 Å². The quantitative estimate of drug-likeness (QED) is 0.547. The average Bonchev–Trinajstić information content (AvgIpc) is 2.94. The summed E-state index contributed by atoms with van der Waals surface area (Å²) >= 11 is 0. The Balaban J connectivity index is 1.88. The molecule has 3 aromatic rings. The molecule has 0 radical (unpaired) electrons. The minimum atomic E-state index is -0.500. The molecule has 0 atom stereocenters. The maximum Gasteiger partial charge on any atom is 0.347 e. The van der Waals surface area contributed by atoms with Gasteiger partial charge in [0.25, 0.3) is 0 Å². The van der Waals surface area contributed by atoms with Crippen molar-refractivity contribution in [1.29, 1.82) is 0 Å². The molecule has 0 spiro atoms. The fourth-order valence-corrected chi connectivity index (χ4v) is 2.31. The summed E-state index contributed by atoms with van der Waals surface area (Å²) in [5.74, 6) is 0.931. The number of carbonyl (C=O) groups excluding carboxylic acids is 1. The summed E-state index contributed by atoms with van der Waals surface area (Å²) in [6.07, 6.45) is 1.71. The highest BCUT2D eigenvalue weighted by Gasteiger charge is 2.16. The van der Waals surface area contributed by atoms with Gasteiger partial charge in [-0.25, -0.2) is 9.78 Å². The summed E-state index contributed by atoms with van der Waals surface area (Å²) in [6.45, 7) is 0. The Morgan fingerprint density at radius 2 is 1.83 bits per heavy atom. The van der Waals surface area contributed by atoms with E-state index < -0.39 is 5.97 Å². The van der Waals surface area contributed by atoms with Crippen LogP contribution >= 0.6 is 0 Å². The lowest BCUT2D eigenvalue weighted by Gasteiger charge is -2.10. The number of aryl methyl sites for hydroxylation is 1. The Kier molecular flexibility index (Phi) is 3.89. The van der Waals surface area contributed by atoms with Crippen LogP contribution in [0.1, 0.15) is 10.4 Å². The van der Waals surface area contributed by atoms with Crippen molar-refractivity contribution in [3.8, 4) is 17.2 Å². The molecule has 0 amide bonds.